The zero-order valence-electron chi connectivity index (χ0n) is 15.0. The van der Waals surface area contributed by atoms with E-state index in [1.165, 1.54) is 11.1 Å². The number of fused-ring (bicyclic) bond motifs is 1. The molecule has 0 aliphatic carbocycles. The number of benzene rings is 2. The van der Waals surface area contributed by atoms with E-state index in [0.29, 0.717) is 6.54 Å². The lowest BCUT2D eigenvalue weighted by Crippen LogP contribution is -2.42. The van der Waals surface area contributed by atoms with Gasteiger partial charge >= 0.3 is 0 Å². The summed E-state index contributed by atoms with van der Waals surface area (Å²) in [6, 6.07) is 14.2. The van der Waals surface area contributed by atoms with Gasteiger partial charge in [-0.3, -0.25) is 9.69 Å². The monoisotopic (exact) mass is 352 g/mol. The summed E-state index contributed by atoms with van der Waals surface area (Å²) >= 11 is 0. The lowest BCUT2D eigenvalue weighted by Gasteiger charge is -2.24. The van der Waals surface area contributed by atoms with Gasteiger partial charge < -0.3 is 14.8 Å². The minimum Gasteiger partial charge on any atom is -0.454 e. The third-order valence-corrected chi connectivity index (χ3v) is 5.04. The second-order valence-electron chi connectivity index (χ2n) is 7.02. The topological polar surface area (TPSA) is 50.8 Å². The lowest BCUT2D eigenvalue weighted by molar-refractivity contribution is -0.125. The SMILES string of the molecule is Cc1cccc(CN2CCCC2C(=O)NCc2ccc3c(c2)OCO3)c1. The second kappa shape index (κ2) is 7.38. The molecule has 0 aromatic heterocycles. The van der Waals surface area contributed by atoms with Crippen molar-refractivity contribution in [1.82, 2.24) is 10.2 Å². The molecular weight excluding hydrogens is 328 g/mol. The van der Waals surface area contributed by atoms with Crippen LogP contribution in [0.2, 0.25) is 0 Å². The number of aryl methyl sites for hydroxylation is 1. The van der Waals surface area contributed by atoms with Crippen LogP contribution < -0.4 is 14.8 Å². The number of amides is 1. The molecule has 1 unspecified atom stereocenters. The molecule has 2 aliphatic heterocycles. The molecule has 1 amide bonds. The summed E-state index contributed by atoms with van der Waals surface area (Å²) in [5.74, 6) is 1.62. The van der Waals surface area contributed by atoms with E-state index in [1.54, 1.807) is 0 Å². The van der Waals surface area contributed by atoms with E-state index < -0.39 is 0 Å². The molecule has 136 valence electrons. The molecule has 1 N–H and O–H groups in total. The standard InChI is InChI=1S/C21H24N2O3/c1-15-4-2-5-17(10-15)13-23-9-3-6-18(23)21(24)22-12-16-7-8-19-20(11-16)26-14-25-19/h2,4-5,7-8,10-11,18H,3,6,9,12-14H2,1H3,(H,22,24). The van der Waals surface area contributed by atoms with E-state index in [9.17, 15) is 4.79 Å². The van der Waals surface area contributed by atoms with Crippen LogP contribution in [0.5, 0.6) is 11.5 Å². The van der Waals surface area contributed by atoms with E-state index in [0.717, 1.165) is 43.0 Å². The number of nitrogens with one attached hydrogen (secondary N) is 1. The molecule has 0 radical (unpaired) electrons. The average molecular weight is 352 g/mol. The summed E-state index contributed by atoms with van der Waals surface area (Å²) in [6.07, 6.45) is 1.98. The van der Waals surface area contributed by atoms with Gasteiger partial charge in [-0.1, -0.05) is 35.9 Å². The first-order chi connectivity index (χ1) is 12.7. The Bertz CT molecular complexity index is 806. The van der Waals surface area contributed by atoms with Crippen LogP contribution in [0.4, 0.5) is 0 Å². The van der Waals surface area contributed by atoms with Gasteiger partial charge in [-0.15, -0.1) is 0 Å². The number of carbonyl (C=O) groups excluding carboxylic acids is 1. The maximum absolute atomic E-state index is 12.7. The van der Waals surface area contributed by atoms with Crippen molar-refractivity contribution in [3.63, 3.8) is 0 Å². The molecule has 1 atom stereocenters. The van der Waals surface area contributed by atoms with Crippen molar-refractivity contribution in [2.75, 3.05) is 13.3 Å². The van der Waals surface area contributed by atoms with Crippen LogP contribution in [0.1, 0.15) is 29.5 Å². The zero-order chi connectivity index (χ0) is 17.9. The molecule has 0 saturated carbocycles. The number of carbonyl (C=O) groups is 1. The van der Waals surface area contributed by atoms with Crippen molar-refractivity contribution < 1.29 is 14.3 Å². The smallest absolute Gasteiger partial charge is 0.237 e. The highest BCUT2D eigenvalue weighted by Gasteiger charge is 2.30. The van der Waals surface area contributed by atoms with E-state index >= 15 is 0 Å². The fraction of sp³-hybridized carbons (Fsp3) is 0.381. The highest BCUT2D eigenvalue weighted by molar-refractivity contribution is 5.82. The first-order valence-corrected chi connectivity index (χ1v) is 9.15. The highest BCUT2D eigenvalue weighted by atomic mass is 16.7. The molecule has 0 spiro atoms. The zero-order valence-corrected chi connectivity index (χ0v) is 15.0. The number of hydrogen-bond acceptors (Lipinski definition) is 4. The van der Waals surface area contributed by atoms with Gasteiger partial charge in [0.05, 0.1) is 6.04 Å². The van der Waals surface area contributed by atoms with Crippen LogP contribution in [0.3, 0.4) is 0 Å². The van der Waals surface area contributed by atoms with Crippen LogP contribution in [0.15, 0.2) is 42.5 Å². The van der Waals surface area contributed by atoms with Gasteiger partial charge in [0.1, 0.15) is 0 Å². The van der Waals surface area contributed by atoms with E-state index in [1.807, 2.05) is 18.2 Å². The molecule has 5 heteroatoms. The summed E-state index contributed by atoms with van der Waals surface area (Å²) in [5.41, 5.74) is 3.54. The summed E-state index contributed by atoms with van der Waals surface area (Å²) < 4.78 is 10.7. The molecular formula is C21H24N2O3. The van der Waals surface area contributed by atoms with Crippen LogP contribution in [-0.4, -0.2) is 30.2 Å². The molecule has 2 aromatic rings. The molecule has 2 heterocycles. The molecule has 2 aliphatic rings. The van der Waals surface area contributed by atoms with E-state index in [4.69, 9.17) is 9.47 Å². The minimum absolute atomic E-state index is 0.0514. The molecule has 1 saturated heterocycles. The van der Waals surface area contributed by atoms with Crippen molar-refractivity contribution in [2.24, 2.45) is 0 Å². The van der Waals surface area contributed by atoms with Crippen LogP contribution in [0, 0.1) is 6.92 Å². The van der Waals surface area contributed by atoms with Gasteiger partial charge in [-0.05, 0) is 49.6 Å². The summed E-state index contributed by atoms with van der Waals surface area (Å²) in [6.45, 7) is 4.66. The van der Waals surface area contributed by atoms with Gasteiger partial charge in [0.2, 0.25) is 12.7 Å². The quantitative estimate of drug-likeness (QED) is 0.899. The Balaban J connectivity index is 1.36. The number of hydrogen-bond donors (Lipinski definition) is 1. The fourth-order valence-corrected chi connectivity index (χ4v) is 3.72. The van der Waals surface area contributed by atoms with Crippen molar-refractivity contribution in [1.29, 1.82) is 0 Å². The number of rotatable bonds is 5. The Hall–Kier alpha value is -2.53. The first-order valence-electron chi connectivity index (χ1n) is 9.15. The van der Waals surface area contributed by atoms with Crippen LogP contribution in [-0.2, 0) is 17.9 Å². The summed E-state index contributed by atoms with van der Waals surface area (Å²) in [7, 11) is 0. The molecule has 5 nitrogen and oxygen atoms in total. The maximum atomic E-state index is 12.7. The van der Waals surface area contributed by atoms with E-state index in [-0.39, 0.29) is 18.7 Å². The molecule has 2 aromatic carbocycles. The highest BCUT2D eigenvalue weighted by Crippen LogP contribution is 2.32. The minimum atomic E-state index is -0.0514. The van der Waals surface area contributed by atoms with Crippen LogP contribution >= 0.6 is 0 Å². The normalized spacial score (nSPS) is 18.9. The van der Waals surface area contributed by atoms with Gasteiger partial charge in [0.25, 0.3) is 0 Å². The third kappa shape index (κ3) is 3.68. The van der Waals surface area contributed by atoms with E-state index in [2.05, 4.69) is 41.4 Å². The fourth-order valence-electron chi connectivity index (χ4n) is 3.72. The van der Waals surface area contributed by atoms with Gasteiger partial charge in [-0.2, -0.15) is 0 Å². The lowest BCUT2D eigenvalue weighted by atomic mass is 10.1. The average Bonchev–Trinajstić information content (AvgIpc) is 3.28. The third-order valence-electron chi connectivity index (χ3n) is 5.04. The molecule has 26 heavy (non-hydrogen) atoms. The summed E-state index contributed by atoms with van der Waals surface area (Å²) in [4.78, 5) is 15.0. The van der Waals surface area contributed by atoms with Crippen molar-refractivity contribution in [3.05, 3.63) is 59.2 Å². The van der Waals surface area contributed by atoms with Crippen molar-refractivity contribution in [2.45, 2.75) is 38.9 Å². The predicted molar refractivity (Wildman–Crippen MR) is 99.0 cm³/mol. The number of ether oxygens (including phenoxy) is 2. The number of likely N-dealkylation sites (tertiary alicyclic amines) is 1. The molecule has 0 bridgehead atoms. The van der Waals surface area contributed by atoms with Crippen molar-refractivity contribution >= 4 is 5.91 Å². The number of nitrogens with zero attached hydrogens (tertiary/aromatic N) is 1. The Kier molecular flexibility index (Phi) is 4.80. The second-order valence-corrected chi connectivity index (χ2v) is 7.02. The maximum Gasteiger partial charge on any atom is 0.237 e. The predicted octanol–water partition coefficient (Wildman–Crippen LogP) is 3.00. The Labute approximate surface area is 153 Å². The molecule has 4 rings (SSSR count). The Morgan fingerprint density at radius 1 is 1.15 bits per heavy atom. The van der Waals surface area contributed by atoms with Crippen molar-refractivity contribution in [3.8, 4) is 11.5 Å². The summed E-state index contributed by atoms with van der Waals surface area (Å²) in [5, 5.41) is 3.08. The molecule has 1 fully saturated rings. The first kappa shape index (κ1) is 16.9. The van der Waals surface area contributed by atoms with Gasteiger partial charge in [0.15, 0.2) is 11.5 Å². The van der Waals surface area contributed by atoms with Gasteiger partial charge in [0, 0.05) is 13.1 Å². The Morgan fingerprint density at radius 2 is 2.04 bits per heavy atom. The Morgan fingerprint density at radius 3 is 2.92 bits per heavy atom. The van der Waals surface area contributed by atoms with Crippen LogP contribution in [0.25, 0.3) is 0 Å². The van der Waals surface area contributed by atoms with Gasteiger partial charge in [-0.25, -0.2) is 0 Å². The largest absolute Gasteiger partial charge is 0.454 e.